The van der Waals surface area contributed by atoms with Crippen LogP contribution in [0.25, 0.3) is 0 Å². The number of phenols is 1. The third-order valence-corrected chi connectivity index (χ3v) is 7.00. The zero-order valence-corrected chi connectivity index (χ0v) is 16.5. The van der Waals surface area contributed by atoms with Gasteiger partial charge in [0.25, 0.3) is 0 Å². The van der Waals surface area contributed by atoms with Gasteiger partial charge in [-0.1, -0.05) is 6.42 Å². The smallest absolute Gasteiger partial charge is 0.342 e. The Morgan fingerprint density at radius 2 is 1.86 bits per heavy atom. The van der Waals surface area contributed by atoms with Gasteiger partial charge in [0, 0.05) is 3.57 Å². The lowest BCUT2D eigenvalue weighted by molar-refractivity contribution is 0.0207. The molecule has 6 nitrogen and oxygen atoms in total. The van der Waals surface area contributed by atoms with Crippen molar-refractivity contribution in [2.75, 3.05) is 0 Å². The van der Waals surface area contributed by atoms with E-state index in [0.29, 0.717) is 0 Å². The van der Waals surface area contributed by atoms with Crippen molar-refractivity contribution in [3.63, 3.8) is 0 Å². The summed E-state index contributed by atoms with van der Waals surface area (Å²) in [7, 11) is -4.73. The number of aromatic hydroxyl groups is 1. The Labute approximate surface area is 155 Å². The number of phenolic OH excluding ortho intramolecular Hbond substituents is 1. The van der Waals surface area contributed by atoms with Crippen LogP contribution in [0.5, 0.6) is 5.75 Å². The van der Waals surface area contributed by atoms with Crippen LogP contribution in [0.1, 0.15) is 42.5 Å². The molecule has 1 aromatic carbocycles. The molecule has 22 heavy (non-hydrogen) atoms. The second-order valence-corrected chi connectivity index (χ2v) is 8.57. The number of hydrogen-bond donors (Lipinski definition) is 1. The monoisotopic (exact) mass is 551 g/mol. The number of hydrogen-bond acceptors (Lipinski definition) is 6. The number of carbonyl (C=O) groups excluding carboxylic acids is 1. The number of halogens is 2. The van der Waals surface area contributed by atoms with E-state index in [1.807, 2.05) is 0 Å². The Bertz CT molecular complexity index is 695. The van der Waals surface area contributed by atoms with E-state index in [9.17, 15) is 22.9 Å². The zero-order chi connectivity index (χ0) is 16.5. The summed E-state index contributed by atoms with van der Waals surface area (Å²) in [5, 5.41) is 10.1. The van der Waals surface area contributed by atoms with Gasteiger partial charge in [0.1, 0.15) is 27.5 Å². The molecule has 0 spiro atoms. The molecule has 1 aliphatic rings. The number of ether oxygens (including phenoxy) is 1. The molecule has 0 atom stereocenters. The predicted octanol–water partition coefficient (Wildman–Crippen LogP) is 3.00. The molecule has 1 aliphatic carbocycles. The fourth-order valence-corrected chi connectivity index (χ4v) is 6.28. The Morgan fingerprint density at radius 1 is 1.27 bits per heavy atom. The van der Waals surface area contributed by atoms with Crippen LogP contribution in [-0.4, -0.2) is 30.2 Å². The van der Waals surface area contributed by atoms with Crippen LogP contribution >= 0.6 is 45.2 Å². The largest absolute Gasteiger partial charge is 0.744 e. The average molecular weight is 551 g/mol. The fourth-order valence-electron chi connectivity index (χ4n) is 2.37. The summed E-state index contributed by atoms with van der Waals surface area (Å²) in [6.45, 7) is 0. The predicted molar refractivity (Wildman–Crippen MR) is 93.8 cm³/mol. The van der Waals surface area contributed by atoms with Crippen molar-refractivity contribution in [2.24, 2.45) is 0 Å². The Balaban J connectivity index is 2.34. The molecule has 0 heterocycles. The van der Waals surface area contributed by atoms with Gasteiger partial charge in [-0.3, -0.25) is 0 Å². The van der Waals surface area contributed by atoms with E-state index in [0.717, 1.165) is 32.1 Å². The van der Waals surface area contributed by atoms with Crippen molar-refractivity contribution in [1.29, 1.82) is 0 Å². The first-order valence-corrected chi connectivity index (χ1v) is 10.2. The Morgan fingerprint density at radius 3 is 2.41 bits per heavy atom. The molecule has 0 aliphatic heterocycles. The van der Waals surface area contributed by atoms with Crippen LogP contribution in [-0.2, 0) is 14.9 Å². The highest BCUT2D eigenvalue weighted by Gasteiger charge is 2.25. The summed E-state index contributed by atoms with van der Waals surface area (Å²) in [5.41, 5.74) is -0.119. The van der Waals surface area contributed by atoms with E-state index < -0.39 is 26.7 Å². The standard InChI is InChI=1S/C13H14I2O6S/c14-9-6-8(11(16)10(15)12(9)22(18,19)20)13(17)21-7-4-2-1-3-5-7/h6-7,16H,1-5H2,(H,18,19,20)/p-1. The number of carbonyl (C=O) groups is 1. The highest BCUT2D eigenvalue weighted by Crippen LogP contribution is 2.35. The summed E-state index contributed by atoms with van der Waals surface area (Å²) in [6, 6.07) is 1.17. The van der Waals surface area contributed by atoms with Crippen LogP contribution in [0.4, 0.5) is 0 Å². The van der Waals surface area contributed by atoms with Crippen molar-refractivity contribution in [1.82, 2.24) is 0 Å². The van der Waals surface area contributed by atoms with E-state index in [4.69, 9.17) is 4.74 Å². The third kappa shape index (κ3) is 4.03. The van der Waals surface area contributed by atoms with E-state index in [-0.39, 0.29) is 18.8 Å². The van der Waals surface area contributed by atoms with Gasteiger partial charge < -0.3 is 14.4 Å². The van der Waals surface area contributed by atoms with Crippen LogP contribution in [0.2, 0.25) is 0 Å². The van der Waals surface area contributed by atoms with E-state index in [1.165, 1.54) is 6.07 Å². The molecule has 1 fully saturated rings. The molecule has 1 aromatic rings. The minimum absolute atomic E-state index is 0.0883. The van der Waals surface area contributed by atoms with Gasteiger partial charge in [-0.15, -0.1) is 0 Å². The third-order valence-electron chi connectivity index (χ3n) is 3.45. The minimum Gasteiger partial charge on any atom is -0.744 e. The maximum absolute atomic E-state index is 12.2. The van der Waals surface area contributed by atoms with E-state index in [1.54, 1.807) is 45.2 Å². The molecule has 1 saturated carbocycles. The van der Waals surface area contributed by atoms with Crippen molar-refractivity contribution >= 4 is 61.3 Å². The first-order valence-electron chi connectivity index (χ1n) is 6.59. The normalized spacial score (nSPS) is 16.5. The molecule has 0 radical (unpaired) electrons. The topological polar surface area (TPSA) is 104 Å². The summed E-state index contributed by atoms with van der Waals surface area (Å²) < 4.78 is 39.0. The molecule has 0 unspecified atom stereocenters. The Hall–Kier alpha value is -0.140. The summed E-state index contributed by atoms with van der Waals surface area (Å²) in [6.07, 6.45) is 4.49. The molecule has 9 heteroatoms. The zero-order valence-electron chi connectivity index (χ0n) is 11.3. The van der Waals surface area contributed by atoms with Gasteiger partial charge in [-0.05, 0) is 76.9 Å². The van der Waals surface area contributed by atoms with Gasteiger partial charge in [-0.25, -0.2) is 13.2 Å². The van der Waals surface area contributed by atoms with Crippen molar-refractivity contribution < 1.29 is 27.6 Å². The van der Waals surface area contributed by atoms with Gasteiger partial charge >= 0.3 is 5.97 Å². The molecular formula is C13H13I2O6S-. The number of benzene rings is 1. The van der Waals surface area contributed by atoms with Crippen LogP contribution < -0.4 is 0 Å². The van der Waals surface area contributed by atoms with Gasteiger partial charge in [0.05, 0.1) is 8.47 Å². The van der Waals surface area contributed by atoms with E-state index >= 15 is 0 Å². The maximum Gasteiger partial charge on any atom is 0.342 e. The fraction of sp³-hybridized carbons (Fsp3) is 0.462. The van der Waals surface area contributed by atoms with Crippen LogP contribution in [0.15, 0.2) is 11.0 Å². The first-order chi connectivity index (χ1) is 10.2. The Kier molecular flexibility index (Phi) is 5.94. The second kappa shape index (κ2) is 7.18. The molecule has 2 rings (SSSR count). The van der Waals surface area contributed by atoms with Crippen molar-refractivity contribution in [3.05, 3.63) is 18.8 Å². The lowest BCUT2D eigenvalue weighted by Gasteiger charge is -2.22. The molecule has 0 saturated heterocycles. The molecule has 0 aromatic heterocycles. The summed E-state index contributed by atoms with van der Waals surface area (Å²) >= 11 is 3.20. The second-order valence-electron chi connectivity index (χ2n) is 5.02. The first kappa shape index (κ1) is 18.2. The lowest BCUT2D eigenvalue weighted by atomic mass is 9.98. The molecule has 0 bridgehead atoms. The number of esters is 1. The lowest BCUT2D eigenvalue weighted by Crippen LogP contribution is -2.21. The molecular weight excluding hydrogens is 538 g/mol. The summed E-state index contributed by atoms with van der Waals surface area (Å²) in [5.74, 6) is -1.23. The van der Waals surface area contributed by atoms with Gasteiger partial charge in [0.2, 0.25) is 0 Å². The molecule has 122 valence electrons. The SMILES string of the molecule is O=C(OC1CCCCC1)c1cc(I)c(S(=O)(=O)[O-])c(I)c1O. The van der Waals surface area contributed by atoms with Crippen molar-refractivity contribution in [3.8, 4) is 5.75 Å². The van der Waals surface area contributed by atoms with E-state index in [2.05, 4.69) is 0 Å². The minimum atomic E-state index is -4.73. The van der Waals surface area contributed by atoms with Crippen molar-refractivity contribution in [2.45, 2.75) is 43.1 Å². The highest BCUT2D eigenvalue weighted by molar-refractivity contribution is 14.1. The van der Waals surface area contributed by atoms with Gasteiger partial charge in [0.15, 0.2) is 0 Å². The number of rotatable bonds is 3. The maximum atomic E-state index is 12.2. The quantitative estimate of drug-likeness (QED) is 0.352. The highest BCUT2D eigenvalue weighted by atomic mass is 127. The summed E-state index contributed by atoms with van der Waals surface area (Å²) in [4.78, 5) is 11.7. The van der Waals surface area contributed by atoms with Crippen LogP contribution in [0.3, 0.4) is 0 Å². The molecule has 0 amide bonds. The van der Waals surface area contributed by atoms with Crippen LogP contribution in [0, 0.1) is 7.14 Å². The molecule has 1 N–H and O–H groups in total. The van der Waals surface area contributed by atoms with Gasteiger partial charge in [-0.2, -0.15) is 0 Å². The average Bonchev–Trinajstić information content (AvgIpc) is 2.42.